The third-order valence-electron chi connectivity index (χ3n) is 3.71. The van der Waals surface area contributed by atoms with Gasteiger partial charge in [-0.3, -0.25) is 0 Å². The van der Waals surface area contributed by atoms with E-state index in [4.69, 9.17) is 5.73 Å². The van der Waals surface area contributed by atoms with Crippen LogP contribution in [0.5, 0.6) is 11.5 Å². The Bertz CT molecular complexity index is 769. The Morgan fingerprint density at radius 3 is 2.48 bits per heavy atom. The van der Waals surface area contributed by atoms with Crippen LogP contribution in [0.15, 0.2) is 42.0 Å². The molecule has 0 aliphatic carbocycles. The van der Waals surface area contributed by atoms with Crippen molar-refractivity contribution in [2.24, 2.45) is 0 Å². The van der Waals surface area contributed by atoms with Crippen LogP contribution in [0.25, 0.3) is 12.2 Å². The molecule has 3 nitrogen and oxygen atoms in total. The Kier molecular flexibility index (Phi) is 5.12. The number of rotatable bonds is 4. The first kappa shape index (κ1) is 16.7. The van der Waals surface area contributed by atoms with Gasteiger partial charge in [-0.05, 0) is 73.7 Å². The van der Waals surface area contributed by atoms with Crippen molar-refractivity contribution in [2.45, 2.75) is 27.2 Å². The summed E-state index contributed by atoms with van der Waals surface area (Å²) in [5.41, 5.74) is 11.5. The van der Waals surface area contributed by atoms with Crippen LogP contribution in [0.1, 0.15) is 36.1 Å². The summed E-state index contributed by atoms with van der Waals surface area (Å²) in [5.74, 6) is 0.341. The second-order valence-electron chi connectivity index (χ2n) is 5.97. The molecule has 23 heavy (non-hydrogen) atoms. The molecular formula is C20H23NO2. The lowest BCUT2D eigenvalue weighted by Crippen LogP contribution is -1.93. The SMILES string of the molecule is CC(C)=CCc1c(C)cc(O)cc1/C=C/c1ccc(O)c(N)c1. The molecule has 0 unspecified atom stereocenters. The monoisotopic (exact) mass is 309 g/mol. The maximum atomic E-state index is 9.87. The van der Waals surface area contributed by atoms with E-state index in [9.17, 15) is 10.2 Å². The maximum Gasteiger partial charge on any atom is 0.138 e. The van der Waals surface area contributed by atoms with Gasteiger partial charge < -0.3 is 15.9 Å². The Labute approximate surface area is 137 Å². The van der Waals surface area contributed by atoms with Crippen molar-refractivity contribution in [1.82, 2.24) is 0 Å². The molecule has 0 radical (unpaired) electrons. The molecule has 0 saturated heterocycles. The molecule has 120 valence electrons. The van der Waals surface area contributed by atoms with Gasteiger partial charge in [0.25, 0.3) is 0 Å². The molecule has 0 spiro atoms. The number of hydrogen-bond acceptors (Lipinski definition) is 3. The van der Waals surface area contributed by atoms with E-state index in [0.29, 0.717) is 5.69 Å². The fourth-order valence-electron chi connectivity index (χ4n) is 2.42. The van der Waals surface area contributed by atoms with Crippen LogP contribution in [0.4, 0.5) is 5.69 Å². The Hall–Kier alpha value is -2.68. The van der Waals surface area contributed by atoms with Gasteiger partial charge in [0.15, 0.2) is 0 Å². The quantitative estimate of drug-likeness (QED) is 0.333. The highest BCUT2D eigenvalue weighted by atomic mass is 16.3. The molecule has 4 N–H and O–H groups in total. The highest BCUT2D eigenvalue weighted by Gasteiger charge is 2.05. The molecule has 0 amide bonds. The Morgan fingerprint density at radius 1 is 1.09 bits per heavy atom. The number of nitrogen functional groups attached to an aromatic ring is 1. The zero-order valence-electron chi connectivity index (χ0n) is 13.8. The number of phenolic OH excluding ortho intramolecular Hbond substituents is 2. The van der Waals surface area contributed by atoms with Crippen molar-refractivity contribution in [3.8, 4) is 11.5 Å². The van der Waals surface area contributed by atoms with Crippen LogP contribution in [0.2, 0.25) is 0 Å². The van der Waals surface area contributed by atoms with E-state index >= 15 is 0 Å². The van der Waals surface area contributed by atoms with Crippen molar-refractivity contribution in [3.05, 3.63) is 64.2 Å². The van der Waals surface area contributed by atoms with Crippen LogP contribution >= 0.6 is 0 Å². The lowest BCUT2D eigenvalue weighted by molar-refractivity contribution is 0.474. The molecule has 2 rings (SSSR count). The topological polar surface area (TPSA) is 66.5 Å². The molecule has 2 aromatic carbocycles. The van der Waals surface area contributed by atoms with Gasteiger partial charge in [-0.15, -0.1) is 0 Å². The number of nitrogens with two attached hydrogens (primary N) is 1. The van der Waals surface area contributed by atoms with Crippen molar-refractivity contribution in [1.29, 1.82) is 0 Å². The molecule has 0 aromatic heterocycles. The van der Waals surface area contributed by atoms with E-state index in [1.54, 1.807) is 30.3 Å². The minimum Gasteiger partial charge on any atom is -0.508 e. The van der Waals surface area contributed by atoms with Crippen LogP contribution in [0.3, 0.4) is 0 Å². The summed E-state index contributed by atoms with van der Waals surface area (Å²) in [5, 5.41) is 19.4. The summed E-state index contributed by atoms with van der Waals surface area (Å²) in [4.78, 5) is 0. The fraction of sp³-hybridized carbons (Fsp3) is 0.200. The van der Waals surface area contributed by atoms with E-state index < -0.39 is 0 Å². The summed E-state index contributed by atoms with van der Waals surface area (Å²) >= 11 is 0. The summed E-state index contributed by atoms with van der Waals surface area (Å²) < 4.78 is 0. The summed E-state index contributed by atoms with van der Waals surface area (Å²) in [6.45, 7) is 6.15. The number of aromatic hydroxyl groups is 2. The van der Waals surface area contributed by atoms with Gasteiger partial charge in [-0.1, -0.05) is 29.9 Å². The Morgan fingerprint density at radius 2 is 1.83 bits per heavy atom. The zero-order valence-corrected chi connectivity index (χ0v) is 13.8. The van der Waals surface area contributed by atoms with E-state index in [1.807, 2.05) is 19.1 Å². The molecule has 0 aliphatic heterocycles. The second kappa shape index (κ2) is 7.05. The number of anilines is 1. The largest absolute Gasteiger partial charge is 0.508 e. The van der Waals surface area contributed by atoms with Crippen molar-refractivity contribution < 1.29 is 10.2 Å². The maximum absolute atomic E-state index is 9.87. The van der Waals surface area contributed by atoms with E-state index in [2.05, 4.69) is 19.9 Å². The molecule has 2 aromatic rings. The molecule has 0 atom stereocenters. The van der Waals surface area contributed by atoms with Gasteiger partial charge >= 0.3 is 0 Å². The van der Waals surface area contributed by atoms with Gasteiger partial charge in [0, 0.05) is 0 Å². The predicted octanol–water partition coefficient (Wildman–Crippen LogP) is 4.67. The molecular weight excluding hydrogens is 286 g/mol. The second-order valence-corrected chi connectivity index (χ2v) is 5.97. The molecule has 0 fully saturated rings. The van der Waals surface area contributed by atoms with Gasteiger partial charge in [-0.25, -0.2) is 0 Å². The summed E-state index contributed by atoms with van der Waals surface area (Å²) in [6.07, 6.45) is 6.89. The minimum absolute atomic E-state index is 0.0830. The lowest BCUT2D eigenvalue weighted by atomic mass is 9.96. The zero-order chi connectivity index (χ0) is 17.0. The normalized spacial score (nSPS) is 10.9. The molecule has 0 bridgehead atoms. The van der Waals surface area contributed by atoms with Gasteiger partial charge in [0.1, 0.15) is 11.5 Å². The first-order valence-electron chi connectivity index (χ1n) is 7.59. The average molecular weight is 309 g/mol. The third kappa shape index (κ3) is 4.39. The van der Waals surface area contributed by atoms with Gasteiger partial charge in [0.05, 0.1) is 5.69 Å². The lowest BCUT2D eigenvalue weighted by Gasteiger charge is -2.10. The third-order valence-corrected chi connectivity index (χ3v) is 3.71. The summed E-state index contributed by atoms with van der Waals surface area (Å²) in [7, 11) is 0. The van der Waals surface area contributed by atoms with E-state index in [1.165, 1.54) is 11.1 Å². The molecule has 3 heteroatoms. The predicted molar refractivity (Wildman–Crippen MR) is 97.4 cm³/mol. The van der Waals surface area contributed by atoms with Crippen molar-refractivity contribution in [2.75, 3.05) is 5.73 Å². The van der Waals surface area contributed by atoms with Crippen LogP contribution in [0, 0.1) is 6.92 Å². The van der Waals surface area contributed by atoms with E-state index in [0.717, 1.165) is 23.1 Å². The van der Waals surface area contributed by atoms with E-state index in [-0.39, 0.29) is 11.5 Å². The van der Waals surface area contributed by atoms with Crippen LogP contribution in [-0.4, -0.2) is 10.2 Å². The number of hydrogen-bond donors (Lipinski definition) is 3. The van der Waals surface area contributed by atoms with Crippen molar-refractivity contribution >= 4 is 17.8 Å². The Balaban J connectivity index is 2.39. The number of allylic oxidation sites excluding steroid dienone is 2. The van der Waals surface area contributed by atoms with Crippen LogP contribution in [-0.2, 0) is 6.42 Å². The summed E-state index contributed by atoms with van der Waals surface area (Å²) in [6, 6.07) is 8.64. The van der Waals surface area contributed by atoms with Gasteiger partial charge in [-0.2, -0.15) is 0 Å². The molecule has 0 saturated carbocycles. The van der Waals surface area contributed by atoms with Gasteiger partial charge in [0.2, 0.25) is 0 Å². The first-order valence-corrected chi connectivity index (χ1v) is 7.59. The number of benzene rings is 2. The highest BCUT2D eigenvalue weighted by Crippen LogP contribution is 2.26. The first-order chi connectivity index (χ1) is 10.9. The fourth-order valence-corrected chi connectivity index (χ4v) is 2.42. The molecule has 0 heterocycles. The smallest absolute Gasteiger partial charge is 0.138 e. The van der Waals surface area contributed by atoms with Crippen LogP contribution < -0.4 is 5.73 Å². The minimum atomic E-state index is 0.0830. The highest BCUT2D eigenvalue weighted by molar-refractivity contribution is 5.74. The average Bonchev–Trinajstić information content (AvgIpc) is 2.47. The number of phenols is 2. The number of aryl methyl sites for hydroxylation is 1. The standard InChI is InChI=1S/C20H23NO2/c1-13(2)4-8-18-14(3)10-17(22)12-16(18)7-5-15-6-9-20(23)19(21)11-15/h4-7,9-12,22-23H,8,21H2,1-3H3/b7-5+. The van der Waals surface area contributed by atoms with Crippen molar-refractivity contribution in [3.63, 3.8) is 0 Å². The molecule has 0 aliphatic rings.